The zero-order valence-electron chi connectivity index (χ0n) is 20.7. The molecule has 3 amide bonds. The lowest BCUT2D eigenvalue weighted by Crippen LogP contribution is -2.36. The number of primary amides is 1. The summed E-state index contributed by atoms with van der Waals surface area (Å²) < 4.78 is 21.3. The lowest BCUT2D eigenvalue weighted by atomic mass is 10.1. The number of rotatable bonds is 10. The van der Waals surface area contributed by atoms with Gasteiger partial charge in [0.25, 0.3) is 11.8 Å². The monoisotopic (exact) mass is 497 g/mol. The molecule has 2 aromatic carbocycles. The van der Waals surface area contributed by atoms with Crippen molar-refractivity contribution in [2.45, 2.75) is 19.3 Å². The second kappa shape index (κ2) is 12.5. The van der Waals surface area contributed by atoms with Gasteiger partial charge in [-0.3, -0.25) is 14.4 Å². The molecule has 1 aliphatic heterocycles. The third kappa shape index (κ3) is 6.68. The fourth-order valence-corrected chi connectivity index (χ4v) is 3.83. The third-order valence-electron chi connectivity index (χ3n) is 5.64. The molecule has 36 heavy (non-hydrogen) atoms. The summed E-state index contributed by atoms with van der Waals surface area (Å²) in [5, 5.41) is 2.78. The number of amides is 3. The number of anilines is 1. The number of hydrogen-bond acceptors (Lipinski definition) is 7. The highest BCUT2D eigenvalue weighted by molar-refractivity contribution is 6.08. The van der Waals surface area contributed by atoms with Crippen LogP contribution >= 0.6 is 0 Å². The average Bonchev–Trinajstić information content (AvgIpc) is 2.90. The van der Waals surface area contributed by atoms with Gasteiger partial charge in [-0.15, -0.1) is 0 Å². The normalized spacial score (nSPS) is 13.2. The molecule has 0 saturated carbocycles. The minimum atomic E-state index is -0.606. The predicted molar refractivity (Wildman–Crippen MR) is 135 cm³/mol. The zero-order valence-corrected chi connectivity index (χ0v) is 20.7. The highest BCUT2D eigenvalue weighted by atomic mass is 16.5. The summed E-state index contributed by atoms with van der Waals surface area (Å²) >= 11 is 0. The Morgan fingerprint density at radius 3 is 2.19 bits per heavy atom. The summed E-state index contributed by atoms with van der Waals surface area (Å²) in [6, 6.07) is 8.13. The number of nitrogens with zero attached hydrogens (tertiary/aromatic N) is 1. The fraction of sp³-hybridized carbons (Fsp3) is 0.346. The maximum atomic E-state index is 13.3. The van der Waals surface area contributed by atoms with Crippen molar-refractivity contribution in [1.82, 2.24) is 4.90 Å². The number of hydrogen-bond donors (Lipinski definition) is 2. The Kier molecular flexibility index (Phi) is 9.15. The van der Waals surface area contributed by atoms with Gasteiger partial charge in [0.2, 0.25) is 5.91 Å². The van der Waals surface area contributed by atoms with E-state index in [0.29, 0.717) is 52.9 Å². The topological polar surface area (TPSA) is 129 Å². The second-order valence-electron chi connectivity index (χ2n) is 8.09. The SMILES string of the molecule is COc1cc(NC(=O)/C=C/c2ccc(OCC(N)=O)c(OC)c2)c(C(=O)N2CCCCC2)cc1OC. The van der Waals surface area contributed by atoms with Gasteiger partial charge in [-0.2, -0.15) is 0 Å². The quantitative estimate of drug-likeness (QED) is 0.483. The van der Waals surface area contributed by atoms with E-state index in [1.807, 2.05) is 0 Å². The molecule has 1 saturated heterocycles. The number of methoxy groups -OCH3 is 3. The standard InChI is InChI=1S/C26H31N3O7/c1-33-21-13-17(7-9-20(21)36-16-24(27)30)8-10-25(31)28-19-15-23(35-3)22(34-2)14-18(19)26(32)29-11-5-4-6-12-29/h7-10,13-15H,4-6,11-12,16H2,1-3H3,(H2,27,30)(H,28,31)/b10-8+. The van der Waals surface area contributed by atoms with E-state index in [-0.39, 0.29) is 12.5 Å². The molecule has 0 unspecified atom stereocenters. The maximum absolute atomic E-state index is 13.3. The molecule has 10 nitrogen and oxygen atoms in total. The van der Waals surface area contributed by atoms with Crippen LogP contribution < -0.4 is 30.0 Å². The molecule has 3 rings (SSSR count). The van der Waals surface area contributed by atoms with Crippen LogP contribution in [0.5, 0.6) is 23.0 Å². The van der Waals surface area contributed by atoms with Crippen molar-refractivity contribution in [2.24, 2.45) is 5.73 Å². The molecule has 0 atom stereocenters. The average molecular weight is 498 g/mol. The first-order valence-corrected chi connectivity index (χ1v) is 11.5. The van der Waals surface area contributed by atoms with Crippen LogP contribution in [-0.2, 0) is 9.59 Å². The van der Waals surface area contributed by atoms with Gasteiger partial charge in [-0.05, 0) is 49.1 Å². The van der Waals surface area contributed by atoms with Crippen LogP contribution in [0.2, 0.25) is 0 Å². The van der Waals surface area contributed by atoms with E-state index in [0.717, 1.165) is 19.3 Å². The lowest BCUT2D eigenvalue weighted by molar-refractivity contribution is -0.120. The first-order chi connectivity index (χ1) is 17.4. The highest BCUT2D eigenvalue weighted by Crippen LogP contribution is 2.34. The van der Waals surface area contributed by atoms with Crippen molar-refractivity contribution < 1.29 is 33.3 Å². The fourth-order valence-electron chi connectivity index (χ4n) is 3.83. The van der Waals surface area contributed by atoms with Crippen molar-refractivity contribution in [3.63, 3.8) is 0 Å². The number of carbonyl (C=O) groups is 3. The van der Waals surface area contributed by atoms with E-state index in [9.17, 15) is 14.4 Å². The van der Waals surface area contributed by atoms with E-state index in [1.165, 1.54) is 27.4 Å². The van der Waals surface area contributed by atoms with Crippen molar-refractivity contribution in [2.75, 3.05) is 46.3 Å². The molecule has 0 spiro atoms. The number of ether oxygens (including phenoxy) is 4. The van der Waals surface area contributed by atoms with E-state index >= 15 is 0 Å². The van der Waals surface area contributed by atoms with Crippen LogP contribution in [0.15, 0.2) is 36.4 Å². The number of benzene rings is 2. The van der Waals surface area contributed by atoms with Gasteiger partial charge < -0.3 is 34.9 Å². The molecule has 3 N–H and O–H groups in total. The van der Waals surface area contributed by atoms with Crippen LogP contribution in [0.4, 0.5) is 5.69 Å². The molecule has 1 heterocycles. The van der Waals surface area contributed by atoms with Gasteiger partial charge in [0, 0.05) is 25.2 Å². The summed E-state index contributed by atoms with van der Waals surface area (Å²) in [4.78, 5) is 38.8. The van der Waals surface area contributed by atoms with Crippen molar-refractivity contribution in [3.05, 3.63) is 47.5 Å². The number of nitrogens with one attached hydrogen (secondary N) is 1. The molecule has 10 heteroatoms. The number of carbonyl (C=O) groups excluding carboxylic acids is 3. The molecule has 2 aromatic rings. The van der Waals surface area contributed by atoms with Crippen LogP contribution in [-0.4, -0.2) is 63.6 Å². The van der Waals surface area contributed by atoms with E-state index < -0.39 is 11.8 Å². The van der Waals surface area contributed by atoms with Crippen LogP contribution in [0.1, 0.15) is 35.2 Å². The molecular weight excluding hydrogens is 466 g/mol. The molecule has 0 bridgehead atoms. The van der Waals surface area contributed by atoms with Gasteiger partial charge in [-0.25, -0.2) is 0 Å². The van der Waals surface area contributed by atoms with Gasteiger partial charge in [0.15, 0.2) is 29.6 Å². The molecule has 1 fully saturated rings. The number of piperidine rings is 1. The Hall–Kier alpha value is -4.21. The van der Waals surface area contributed by atoms with Gasteiger partial charge in [-0.1, -0.05) is 6.07 Å². The molecule has 192 valence electrons. The Morgan fingerprint density at radius 1 is 0.917 bits per heavy atom. The van der Waals surface area contributed by atoms with Crippen molar-refractivity contribution in [3.8, 4) is 23.0 Å². The summed E-state index contributed by atoms with van der Waals surface area (Å²) in [5.74, 6) is 0.303. The van der Waals surface area contributed by atoms with Crippen molar-refractivity contribution >= 4 is 29.5 Å². The second-order valence-corrected chi connectivity index (χ2v) is 8.09. The predicted octanol–water partition coefficient (Wildman–Crippen LogP) is 2.85. The maximum Gasteiger partial charge on any atom is 0.256 e. The smallest absolute Gasteiger partial charge is 0.256 e. The van der Waals surface area contributed by atoms with E-state index in [4.69, 9.17) is 24.7 Å². The van der Waals surface area contributed by atoms with Gasteiger partial charge in [0.05, 0.1) is 32.6 Å². The molecule has 0 aromatic heterocycles. The highest BCUT2D eigenvalue weighted by Gasteiger charge is 2.24. The zero-order chi connectivity index (χ0) is 26.1. The van der Waals surface area contributed by atoms with Gasteiger partial charge in [0.1, 0.15) is 0 Å². The molecule has 0 aliphatic carbocycles. The summed E-state index contributed by atoms with van der Waals surface area (Å²) in [7, 11) is 4.44. The molecular formula is C26H31N3O7. The third-order valence-corrected chi connectivity index (χ3v) is 5.64. The minimum absolute atomic E-state index is 0.175. The summed E-state index contributed by atoms with van der Waals surface area (Å²) in [6.07, 6.45) is 5.90. The largest absolute Gasteiger partial charge is 0.493 e. The van der Waals surface area contributed by atoms with Crippen LogP contribution in [0.3, 0.4) is 0 Å². The minimum Gasteiger partial charge on any atom is -0.493 e. The van der Waals surface area contributed by atoms with E-state index in [1.54, 1.807) is 41.3 Å². The Balaban J connectivity index is 1.81. The number of likely N-dealkylation sites (tertiary alicyclic amines) is 1. The first kappa shape index (κ1) is 26.4. The van der Waals surface area contributed by atoms with Crippen LogP contribution in [0, 0.1) is 0 Å². The van der Waals surface area contributed by atoms with E-state index in [2.05, 4.69) is 5.32 Å². The Labute approximate surface area is 209 Å². The Morgan fingerprint density at radius 2 is 1.56 bits per heavy atom. The van der Waals surface area contributed by atoms with Crippen LogP contribution in [0.25, 0.3) is 6.08 Å². The van der Waals surface area contributed by atoms with Crippen molar-refractivity contribution in [1.29, 1.82) is 0 Å². The summed E-state index contributed by atoms with van der Waals surface area (Å²) in [6.45, 7) is 1.06. The molecule has 0 radical (unpaired) electrons. The first-order valence-electron chi connectivity index (χ1n) is 11.5. The number of nitrogens with two attached hydrogens (primary N) is 1. The summed E-state index contributed by atoms with van der Waals surface area (Å²) in [5.41, 5.74) is 6.42. The Bertz CT molecular complexity index is 1140. The lowest BCUT2D eigenvalue weighted by Gasteiger charge is -2.28. The van der Waals surface area contributed by atoms with Gasteiger partial charge >= 0.3 is 0 Å². The molecule has 1 aliphatic rings.